The lowest BCUT2D eigenvalue weighted by Crippen LogP contribution is -2.44. The van der Waals surface area contributed by atoms with Crippen molar-refractivity contribution in [2.45, 2.75) is 45.6 Å². The Labute approximate surface area is 174 Å². The smallest absolute Gasteiger partial charge is 0.193 e. The number of aromatic nitrogens is 2. The van der Waals surface area contributed by atoms with Crippen LogP contribution in [0.4, 0.5) is 0 Å². The van der Waals surface area contributed by atoms with Gasteiger partial charge in [-0.3, -0.25) is 4.99 Å². The summed E-state index contributed by atoms with van der Waals surface area (Å²) >= 11 is 0. The first-order valence-corrected chi connectivity index (χ1v) is 10.7. The molecule has 1 aromatic carbocycles. The van der Waals surface area contributed by atoms with Crippen LogP contribution in [0.1, 0.15) is 44.9 Å². The minimum Gasteiger partial charge on any atom is -0.382 e. The summed E-state index contributed by atoms with van der Waals surface area (Å²) in [6, 6.07) is 10.3. The molecule has 0 spiro atoms. The number of H-pyrrole nitrogens is 1. The molecule has 1 aliphatic rings. The van der Waals surface area contributed by atoms with Gasteiger partial charge in [0.15, 0.2) is 5.96 Å². The van der Waals surface area contributed by atoms with E-state index in [9.17, 15) is 0 Å². The molecule has 0 unspecified atom stereocenters. The summed E-state index contributed by atoms with van der Waals surface area (Å²) in [7, 11) is 3.90. The van der Waals surface area contributed by atoms with Crippen LogP contribution < -0.4 is 5.32 Å². The van der Waals surface area contributed by atoms with Gasteiger partial charge in [0.05, 0.1) is 18.4 Å². The topological polar surface area (TPSA) is 65.5 Å². The van der Waals surface area contributed by atoms with E-state index in [-0.39, 0.29) is 0 Å². The maximum atomic E-state index is 5.64. The molecule has 0 amide bonds. The average Bonchev–Trinajstić information content (AvgIpc) is 3.40. The highest BCUT2D eigenvalue weighted by Gasteiger charge is 2.33. The summed E-state index contributed by atoms with van der Waals surface area (Å²) in [6.07, 6.45) is 8.19. The Morgan fingerprint density at radius 2 is 2.03 bits per heavy atom. The third-order valence-corrected chi connectivity index (χ3v) is 5.94. The van der Waals surface area contributed by atoms with Crippen molar-refractivity contribution in [3.05, 3.63) is 42.4 Å². The number of hydrogen-bond acceptors (Lipinski definition) is 3. The number of imidazole rings is 1. The molecule has 1 heterocycles. The number of benzene rings is 1. The number of rotatable bonds is 9. The van der Waals surface area contributed by atoms with E-state index in [0.717, 1.165) is 49.2 Å². The summed E-state index contributed by atoms with van der Waals surface area (Å²) in [5.41, 5.74) is 2.52. The van der Waals surface area contributed by atoms with E-state index in [2.05, 4.69) is 51.3 Å². The maximum Gasteiger partial charge on any atom is 0.193 e. The first-order chi connectivity index (χ1) is 14.2. The fourth-order valence-electron chi connectivity index (χ4n) is 4.23. The first kappa shape index (κ1) is 21.4. The van der Waals surface area contributed by atoms with Crippen LogP contribution in [0, 0.1) is 5.41 Å². The highest BCUT2D eigenvalue weighted by molar-refractivity contribution is 5.79. The Kier molecular flexibility index (Phi) is 7.69. The zero-order valence-electron chi connectivity index (χ0n) is 18.1. The van der Waals surface area contributed by atoms with Gasteiger partial charge >= 0.3 is 0 Å². The third kappa shape index (κ3) is 5.82. The van der Waals surface area contributed by atoms with Crippen LogP contribution in [0.15, 0.2) is 41.5 Å². The van der Waals surface area contributed by atoms with Crippen LogP contribution >= 0.6 is 0 Å². The van der Waals surface area contributed by atoms with Crippen LogP contribution in [0.25, 0.3) is 11.3 Å². The van der Waals surface area contributed by atoms with Gasteiger partial charge in [0.2, 0.25) is 0 Å². The van der Waals surface area contributed by atoms with Gasteiger partial charge in [-0.1, -0.05) is 43.2 Å². The van der Waals surface area contributed by atoms with Crippen molar-refractivity contribution in [1.29, 1.82) is 0 Å². The highest BCUT2D eigenvalue weighted by atomic mass is 16.5. The Morgan fingerprint density at radius 3 is 2.72 bits per heavy atom. The third-order valence-electron chi connectivity index (χ3n) is 5.94. The molecule has 6 nitrogen and oxygen atoms in total. The van der Waals surface area contributed by atoms with Crippen LogP contribution in [-0.2, 0) is 11.3 Å². The van der Waals surface area contributed by atoms with E-state index in [1.807, 2.05) is 31.4 Å². The molecule has 0 aliphatic heterocycles. The van der Waals surface area contributed by atoms with Crippen molar-refractivity contribution in [2.24, 2.45) is 10.4 Å². The first-order valence-electron chi connectivity index (χ1n) is 10.7. The Balaban J connectivity index is 1.56. The number of aliphatic imine (C=N–C) groups is 1. The Hall–Kier alpha value is -2.34. The fraction of sp³-hybridized carbons (Fsp3) is 0.565. The van der Waals surface area contributed by atoms with Crippen LogP contribution in [0.3, 0.4) is 0 Å². The van der Waals surface area contributed by atoms with E-state index in [0.29, 0.717) is 12.0 Å². The van der Waals surface area contributed by atoms with Gasteiger partial charge in [0, 0.05) is 33.9 Å². The number of guanidine groups is 1. The van der Waals surface area contributed by atoms with Gasteiger partial charge in [0.1, 0.15) is 5.82 Å². The molecular weight excluding hydrogens is 362 g/mol. The van der Waals surface area contributed by atoms with E-state index in [4.69, 9.17) is 4.74 Å². The van der Waals surface area contributed by atoms with E-state index < -0.39 is 0 Å². The monoisotopic (exact) mass is 397 g/mol. The number of nitrogens with one attached hydrogen (secondary N) is 2. The van der Waals surface area contributed by atoms with Gasteiger partial charge < -0.3 is 19.9 Å². The molecule has 2 N–H and O–H groups in total. The number of ether oxygens (including phenoxy) is 1. The Bertz CT molecular complexity index is 765. The minimum atomic E-state index is 0.330. The van der Waals surface area contributed by atoms with Crippen molar-refractivity contribution in [1.82, 2.24) is 20.2 Å². The van der Waals surface area contributed by atoms with Crippen molar-refractivity contribution in [3.8, 4) is 11.3 Å². The molecule has 0 radical (unpaired) electrons. The second kappa shape index (κ2) is 10.4. The molecule has 0 saturated heterocycles. The molecule has 158 valence electrons. The molecule has 1 aliphatic carbocycles. The zero-order valence-corrected chi connectivity index (χ0v) is 18.1. The molecule has 0 bridgehead atoms. The lowest BCUT2D eigenvalue weighted by molar-refractivity contribution is 0.104. The number of hydrogen-bond donors (Lipinski definition) is 2. The quantitative estimate of drug-likeness (QED) is 0.380. The normalized spacial score (nSPS) is 16.2. The maximum absolute atomic E-state index is 5.64. The Morgan fingerprint density at radius 1 is 1.28 bits per heavy atom. The van der Waals surface area contributed by atoms with Gasteiger partial charge in [-0.05, 0) is 37.2 Å². The molecule has 29 heavy (non-hydrogen) atoms. The van der Waals surface area contributed by atoms with Crippen molar-refractivity contribution >= 4 is 5.96 Å². The van der Waals surface area contributed by atoms with Crippen LogP contribution in [-0.4, -0.2) is 54.7 Å². The molecular formula is C23H35N5O. The lowest BCUT2D eigenvalue weighted by Gasteiger charge is -2.31. The van der Waals surface area contributed by atoms with Crippen molar-refractivity contribution in [2.75, 3.05) is 33.9 Å². The molecule has 2 aromatic rings. The van der Waals surface area contributed by atoms with E-state index in [1.54, 1.807) is 0 Å². The van der Waals surface area contributed by atoms with Gasteiger partial charge in [-0.15, -0.1) is 0 Å². The van der Waals surface area contributed by atoms with Gasteiger partial charge in [-0.25, -0.2) is 4.98 Å². The summed E-state index contributed by atoms with van der Waals surface area (Å²) in [4.78, 5) is 14.6. The summed E-state index contributed by atoms with van der Waals surface area (Å²) < 4.78 is 5.64. The minimum absolute atomic E-state index is 0.330. The predicted molar refractivity (Wildman–Crippen MR) is 119 cm³/mol. The molecule has 0 atom stereocenters. The number of nitrogens with zero attached hydrogens (tertiary/aromatic N) is 3. The second-order valence-corrected chi connectivity index (χ2v) is 8.02. The molecule has 1 aromatic heterocycles. The van der Waals surface area contributed by atoms with Gasteiger partial charge in [-0.2, -0.15) is 0 Å². The van der Waals surface area contributed by atoms with E-state index in [1.165, 1.54) is 25.7 Å². The van der Waals surface area contributed by atoms with Gasteiger partial charge in [0.25, 0.3) is 0 Å². The highest BCUT2D eigenvalue weighted by Crippen LogP contribution is 2.40. The fourth-order valence-corrected chi connectivity index (χ4v) is 4.23. The summed E-state index contributed by atoms with van der Waals surface area (Å²) in [6.45, 7) is 5.33. The molecule has 3 rings (SSSR count). The second-order valence-electron chi connectivity index (χ2n) is 8.02. The standard InChI is InChI=1S/C23H35N5O/c1-4-29-15-14-23(12-8-9-13-23)18-26-22(24-2)28(3)17-21-25-16-20(27-21)19-10-6-5-7-11-19/h5-7,10-11,16H,4,8-9,12-15,17-18H2,1-3H3,(H,24,26)(H,25,27). The largest absolute Gasteiger partial charge is 0.382 e. The van der Waals surface area contributed by atoms with E-state index >= 15 is 0 Å². The molecule has 1 fully saturated rings. The average molecular weight is 398 g/mol. The summed E-state index contributed by atoms with van der Waals surface area (Å²) in [5.74, 6) is 1.84. The van der Waals surface area contributed by atoms with Crippen LogP contribution in [0.2, 0.25) is 0 Å². The summed E-state index contributed by atoms with van der Waals surface area (Å²) in [5, 5.41) is 3.62. The van der Waals surface area contributed by atoms with Crippen molar-refractivity contribution < 1.29 is 4.74 Å². The molecule has 6 heteroatoms. The SMILES string of the molecule is CCOCCC1(CNC(=NC)N(C)Cc2ncc(-c3ccccc3)[nH]2)CCCC1. The molecule has 1 saturated carbocycles. The zero-order chi connectivity index (χ0) is 20.5. The lowest BCUT2D eigenvalue weighted by atomic mass is 9.83. The number of aromatic amines is 1. The predicted octanol–water partition coefficient (Wildman–Crippen LogP) is 4.07. The van der Waals surface area contributed by atoms with Crippen molar-refractivity contribution in [3.63, 3.8) is 0 Å². The van der Waals surface area contributed by atoms with Crippen LogP contribution in [0.5, 0.6) is 0 Å².